The number of hydrogen-bond acceptors (Lipinski definition) is 3. The van der Waals surface area contributed by atoms with E-state index in [4.69, 9.17) is 9.84 Å². The summed E-state index contributed by atoms with van der Waals surface area (Å²) in [5, 5.41) is 14.7. The molecular formula is C16H21NO2. The predicted molar refractivity (Wildman–Crippen MR) is 78.6 cm³/mol. The highest BCUT2D eigenvalue weighted by Crippen LogP contribution is 2.20. The fourth-order valence-electron chi connectivity index (χ4n) is 2.14. The van der Waals surface area contributed by atoms with Gasteiger partial charge in [0.15, 0.2) is 0 Å². The van der Waals surface area contributed by atoms with E-state index in [9.17, 15) is 0 Å². The standard InChI is InChI=1S/C16H21NO2/c1-2-17-15(9-10-18)12-19-16-8-7-13-5-3-4-6-14(13)11-16/h3-8,11,15,17-18H,2,9-10,12H2,1H3. The molecule has 2 N–H and O–H groups in total. The van der Waals surface area contributed by atoms with Crippen molar-refractivity contribution in [2.24, 2.45) is 0 Å². The van der Waals surface area contributed by atoms with Gasteiger partial charge in [0.2, 0.25) is 0 Å². The van der Waals surface area contributed by atoms with Crippen molar-refractivity contribution >= 4 is 10.8 Å². The van der Waals surface area contributed by atoms with Crippen molar-refractivity contribution in [3.63, 3.8) is 0 Å². The van der Waals surface area contributed by atoms with Crippen molar-refractivity contribution in [3.05, 3.63) is 42.5 Å². The van der Waals surface area contributed by atoms with Gasteiger partial charge in [-0.3, -0.25) is 0 Å². The molecule has 0 amide bonds. The molecule has 2 aromatic rings. The number of aliphatic hydroxyl groups is 1. The van der Waals surface area contributed by atoms with Gasteiger partial charge < -0.3 is 15.2 Å². The first-order chi connectivity index (χ1) is 9.33. The van der Waals surface area contributed by atoms with Crippen molar-refractivity contribution in [1.82, 2.24) is 5.32 Å². The summed E-state index contributed by atoms with van der Waals surface area (Å²) in [4.78, 5) is 0. The van der Waals surface area contributed by atoms with Gasteiger partial charge in [0.05, 0.1) is 0 Å². The van der Waals surface area contributed by atoms with Crippen LogP contribution in [0.25, 0.3) is 10.8 Å². The summed E-state index contributed by atoms with van der Waals surface area (Å²) in [6.07, 6.45) is 0.710. The predicted octanol–water partition coefficient (Wildman–Crippen LogP) is 2.58. The average Bonchev–Trinajstić information content (AvgIpc) is 2.45. The maximum Gasteiger partial charge on any atom is 0.120 e. The lowest BCUT2D eigenvalue weighted by Gasteiger charge is -2.17. The van der Waals surface area contributed by atoms with Crippen LogP contribution in [0.1, 0.15) is 13.3 Å². The Labute approximate surface area is 114 Å². The molecule has 0 saturated carbocycles. The minimum Gasteiger partial charge on any atom is -0.492 e. The monoisotopic (exact) mass is 259 g/mol. The third-order valence-corrected chi connectivity index (χ3v) is 3.14. The molecule has 0 aliphatic carbocycles. The van der Waals surface area contributed by atoms with E-state index < -0.39 is 0 Å². The maximum atomic E-state index is 9.01. The molecule has 19 heavy (non-hydrogen) atoms. The molecule has 1 atom stereocenters. The molecule has 0 aliphatic rings. The Morgan fingerprint density at radius 1 is 1.16 bits per heavy atom. The topological polar surface area (TPSA) is 41.5 Å². The molecule has 0 heterocycles. The molecule has 0 saturated heterocycles. The van der Waals surface area contributed by atoms with Crippen LogP contribution in [0.5, 0.6) is 5.75 Å². The largest absolute Gasteiger partial charge is 0.492 e. The molecule has 1 unspecified atom stereocenters. The quantitative estimate of drug-likeness (QED) is 0.803. The van der Waals surface area contributed by atoms with E-state index in [1.807, 2.05) is 18.2 Å². The van der Waals surface area contributed by atoms with Crippen molar-refractivity contribution in [2.75, 3.05) is 19.8 Å². The second-order valence-corrected chi connectivity index (χ2v) is 4.59. The zero-order chi connectivity index (χ0) is 13.5. The van der Waals surface area contributed by atoms with Crippen LogP contribution >= 0.6 is 0 Å². The van der Waals surface area contributed by atoms with E-state index in [1.54, 1.807) is 0 Å². The van der Waals surface area contributed by atoms with Crippen molar-refractivity contribution < 1.29 is 9.84 Å². The molecule has 0 radical (unpaired) electrons. The van der Waals surface area contributed by atoms with Crippen LogP contribution in [0.15, 0.2) is 42.5 Å². The van der Waals surface area contributed by atoms with Gasteiger partial charge in [0.1, 0.15) is 12.4 Å². The van der Waals surface area contributed by atoms with Crippen molar-refractivity contribution in [2.45, 2.75) is 19.4 Å². The van der Waals surface area contributed by atoms with Crippen LogP contribution in [0.2, 0.25) is 0 Å². The van der Waals surface area contributed by atoms with E-state index in [0.717, 1.165) is 12.3 Å². The highest BCUT2D eigenvalue weighted by molar-refractivity contribution is 5.83. The average molecular weight is 259 g/mol. The first-order valence-corrected chi connectivity index (χ1v) is 6.79. The first-order valence-electron chi connectivity index (χ1n) is 6.79. The molecule has 3 heteroatoms. The Hall–Kier alpha value is -1.58. The van der Waals surface area contributed by atoms with E-state index in [0.29, 0.717) is 13.0 Å². The number of benzene rings is 2. The Morgan fingerprint density at radius 2 is 1.95 bits per heavy atom. The zero-order valence-corrected chi connectivity index (χ0v) is 11.3. The molecule has 0 spiro atoms. The Bertz CT molecular complexity index is 507. The van der Waals surface area contributed by atoms with Crippen LogP contribution in [-0.2, 0) is 0 Å². The Morgan fingerprint density at radius 3 is 2.68 bits per heavy atom. The number of likely N-dealkylation sites (N-methyl/N-ethyl adjacent to an activating group) is 1. The van der Waals surface area contributed by atoms with Gasteiger partial charge in [-0.1, -0.05) is 37.3 Å². The molecule has 0 fully saturated rings. The third kappa shape index (κ3) is 3.94. The lowest BCUT2D eigenvalue weighted by Crippen LogP contribution is -2.35. The van der Waals surface area contributed by atoms with E-state index in [1.165, 1.54) is 10.8 Å². The van der Waals surface area contributed by atoms with Gasteiger partial charge in [-0.05, 0) is 35.9 Å². The SMILES string of the molecule is CCNC(CCO)COc1ccc2ccccc2c1. The second-order valence-electron chi connectivity index (χ2n) is 4.59. The fourth-order valence-corrected chi connectivity index (χ4v) is 2.14. The zero-order valence-electron chi connectivity index (χ0n) is 11.3. The first kappa shape index (κ1) is 13.8. The van der Waals surface area contributed by atoms with Gasteiger partial charge >= 0.3 is 0 Å². The molecule has 0 aromatic heterocycles. The van der Waals surface area contributed by atoms with Gasteiger partial charge in [0.25, 0.3) is 0 Å². The maximum absolute atomic E-state index is 9.01. The molecule has 102 valence electrons. The minimum atomic E-state index is 0.179. The number of nitrogens with one attached hydrogen (secondary N) is 1. The summed E-state index contributed by atoms with van der Waals surface area (Å²) < 4.78 is 5.81. The summed E-state index contributed by atoms with van der Waals surface area (Å²) in [6.45, 7) is 3.69. The summed E-state index contributed by atoms with van der Waals surface area (Å²) in [6, 6.07) is 14.5. The van der Waals surface area contributed by atoms with Gasteiger partial charge in [-0.2, -0.15) is 0 Å². The molecule has 2 aromatic carbocycles. The number of aliphatic hydroxyl groups excluding tert-OH is 1. The highest BCUT2D eigenvalue weighted by atomic mass is 16.5. The fraction of sp³-hybridized carbons (Fsp3) is 0.375. The Balaban J connectivity index is 2.00. The number of fused-ring (bicyclic) bond motifs is 1. The molecular weight excluding hydrogens is 238 g/mol. The Kier molecular flexibility index (Phi) is 5.19. The second kappa shape index (κ2) is 7.12. The van der Waals surface area contributed by atoms with Gasteiger partial charge in [0, 0.05) is 12.6 Å². The summed E-state index contributed by atoms with van der Waals surface area (Å²) >= 11 is 0. The summed E-state index contributed by atoms with van der Waals surface area (Å²) in [7, 11) is 0. The van der Waals surface area contributed by atoms with E-state index >= 15 is 0 Å². The number of rotatable bonds is 7. The summed E-state index contributed by atoms with van der Waals surface area (Å²) in [5.74, 6) is 0.875. The van der Waals surface area contributed by atoms with E-state index in [-0.39, 0.29) is 12.6 Å². The molecule has 0 bridgehead atoms. The van der Waals surface area contributed by atoms with Crippen LogP contribution in [0, 0.1) is 0 Å². The van der Waals surface area contributed by atoms with Crippen molar-refractivity contribution in [1.29, 1.82) is 0 Å². The van der Waals surface area contributed by atoms with E-state index in [2.05, 4.69) is 36.5 Å². The smallest absolute Gasteiger partial charge is 0.120 e. The highest BCUT2D eigenvalue weighted by Gasteiger charge is 2.07. The normalized spacial score (nSPS) is 12.5. The lowest BCUT2D eigenvalue weighted by molar-refractivity contribution is 0.215. The molecule has 3 nitrogen and oxygen atoms in total. The molecule has 2 rings (SSSR count). The molecule has 0 aliphatic heterocycles. The van der Waals surface area contributed by atoms with Gasteiger partial charge in [-0.15, -0.1) is 0 Å². The lowest BCUT2D eigenvalue weighted by atomic mass is 10.1. The number of hydrogen-bond donors (Lipinski definition) is 2. The van der Waals surface area contributed by atoms with Crippen LogP contribution < -0.4 is 10.1 Å². The van der Waals surface area contributed by atoms with Gasteiger partial charge in [-0.25, -0.2) is 0 Å². The minimum absolute atomic E-state index is 0.179. The van der Waals surface area contributed by atoms with Crippen molar-refractivity contribution in [3.8, 4) is 5.75 Å². The van der Waals surface area contributed by atoms with Crippen LogP contribution in [0.3, 0.4) is 0 Å². The third-order valence-electron chi connectivity index (χ3n) is 3.14. The summed E-state index contributed by atoms with van der Waals surface area (Å²) in [5.41, 5.74) is 0. The van der Waals surface area contributed by atoms with Crippen LogP contribution in [0.4, 0.5) is 0 Å². The van der Waals surface area contributed by atoms with Crippen LogP contribution in [-0.4, -0.2) is 30.9 Å². The number of ether oxygens (including phenoxy) is 1.